The molecular formula is C11H11F3O. The number of allylic oxidation sites excluding steroid dienone is 2. The van der Waals surface area contributed by atoms with E-state index in [-0.39, 0.29) is 5.56 Å². The van der Waals surface area contributed by atoms with E-state index in [9.17, 15) is 13.2 Å². The summed E-state index contributed by atoms with van der Waals surface area (Å²) < 4.78 is 42.5. The Hall–Kier alpha value is -1.45. The number of benzene rings is 1. The van der Waals surface area contributed by atoms with Gasteiger partial charge in [-0.25, -0.2) is 0 Å². The third-order valence-corrected chi connectivity index (χ3v) is 1.97. The van der Waals surface area contributed by atoms with Crippen molar-refractivity contribution >= 4 is 5.57 Å². The van der Waals surface area contributed by atoms with Crippen molar-refractivity contribution in [3.63, 3.8) is 0 Å². The van der Waals surface area contributed by atoms with Crippen LogP contribution in [0.15, 0.2) is 30.3 Å². The lowest BCUT2D eigenvalue weighted by atomic mass is 10.1. The van der Waals surface area contributed by atoms with Crippen LogP contribution in [0.2, 0.25) is 0 Å². The summed E-state index contributed by atoms with van der Waals surface area (Å²) >= 11 is 0. The maximum absolute atomic E-state index is 12.5. The molecule has 0 N–H and O–H groups in total. The van der Waals surface area contributed by atoms with Crippen molar-refractivity contribution in [2.24, 2.45) is 0 Å². The minimum absolute atomic E-state index is 0.115. The van der Waals surface area contributed by atoms with E-state index < -0.39 is 11.7 Å². The van der Waals surface area contributed by atoms with Crippen LogP contribution in [0.4, 0.5) is 13.2 Å². The molecule has 1 nitrogen and oxygen atoms in total. The number of methoxy groups -OCH3 is 1. The lowest BCUT2D eigenvalue weighted by Gasteiger charge is -2.12. The molecule has 4 heteroatoms. The number of hydrogen-bond acceptors (Lipinski definition) is 1. The molecule has 0 spiro atoms. The lowest BCUT2D eigenvalue weighted by Crippen LogP contribution is -2.10. The van der Waals surface area contributed by atoms with Gasteiger partial charge in [-0.1, -0.05) is 18.2 Å². The Balaban J connectivity index is 3.14. The highest BCUT2D eigenvalue weighted by Gasteiger charge is 2.33. The fourth-order valence-electron chi connectivity index (χ4n) is 1.28. The molecule has 0 aliphatic heterocycles. The Kier molecular flexibility index (Phi) is 3.39. The minimum atomic E-state index is -4.33. The van der Waals surface area contributed by atoms with Crippen LogP contribution in [0.1, 0.15) is 12.5 Å². The monoisotopic (exact) mass is 216 g/mol. The van der Waals surface area contributed by atoms with E-state index in [1.807, 2.05) is 0 Å². The lowest BCUT2D eigenvalue weighted by molar-refractivity contribution is -0.0689. The quantitative estimate of drug-likeness (QED) is 0.733. The fourth-order valence-corrected chi connectivity index (χ4v) is 1.28. The second kappa shape index (κ2) is 4.38. The first kappa shape index (κ1) is 11.6. The normalized spacial score (nSPS) is 12.7. The topological polar surface area (TPSA) is 9.23 Å². The zero-order valence-electron chi connectivity index (χ0n) is 8.43. The highest BCUT2D eigenvalue weighted by molar-refractivity contribution is 5.70. The van der Waals surface area contributed by atoms with Gasteiger partial charge < -0.3 is 4.74 Å². The summed E-state index contributed by atoms with van der Waals surface area (Å²) in [6.45, 7) is 1.36. The maximum atomic E-state index is 12.5. The average Bonchev–Trinajstić information content (AvgIpc) is 2.17. The van der Waals surface area contributed by atoms with Gasteiger partial charge in [0.15, 0.2) is 0 Å². The molecule has 0 unspecified atom stereocenters. The molecule has 0 bridgehead atoms. The van der Waals surface area contributed by atoms with Gasteiger partial charge in [0.25, 0.3) is 0 Å². The third kappa shape index (κ3) is 2.75. The van der Waals surface area contributed by atoms with Crippen LogP contribution in [0.25, 0.3) is 5.57 Å². The first-order valence-corrected chi connectivity index (χ1v) is 4.37. The standard InChI is InChI=1S/C11H11F3O/c1-3-10(11(12,13)14)8-5-4-6-9(7-8)15-2/h3-7H,1-2H3/b10-3+. The van der Waals surface area contributed by atoms with Crippen molar-refractivity contribution in [2.45, 2.75) is 13.1 Å². The Morgan fingerprint density at radius 1 is 1.33 bits per heavy atom. The summed E-state index contributed by atoms with van der Waals surface area (Å²) in [5, 5.41) is 0. The number of alkyl halides is 3. The molecule has 1 rings (SSSR count). The first-order chi connectivity index (χ1) is 6.99. The van der Waals surface area contributed by atoms with Crippen molar-refractivity contribution in [3.8, 4) is 5.75 Å². The molecule has 0 heterocycles. The summed E-state index contributed by atoms with van der Waals surface area (Å²) in [5.41, 5.74) is -0.536. The van der Waals surface area contributed by atoms with Crippen LogP contribution in [-0.2, 0) is 0 Å². The molecule has 0 fully saturated rings. The van der Waals surface area contributed by atoms with Crippen LogP contribution in [-0.4, -0.2) is 13.3 Å². The van der Waals surface area contributed by atoms with E-state index >= 15 is 0 Å². The van der Waals surface area contributed by atoms with Crippen LogP contribution < -0.4 is 4.74 Å². The van der Waals surface area contributed by atoms with Crippen LogP contribution >= 0.6 is 0 Å². The molecule has 0 aromatic heterocycles. The number of halogens is 3. The molecule has 0 radical (unpaired) electrons. The van der Waals surface area contributed by atoms with E-state index in [0.29, 0.717) is 5.75 Å². The molecule has 0 saturated heterocycles. The van der Waals surface area contributed by atoms with Gasteiger partial charge in [-0.15, -0.1) is 0 Å². The van der Waals surface area contributed by atoms with E-state index in [4.69, 9.17) is 4.74 Å². The number of hydrogen-bond donors (Lipinski definition) is 0. The van der Waals surface area contributed by atoms with Gasteiger partial charge in [0.1, 0.15) is 5.75 Å². The van der Waals surface area contributed by atoms with Gasteiger partial charge in [-0.3, -0.25) is 0 Å². The Morgan fingerprint density at radius 3 is 2.47 bits per heavy atom. The molecule has 1 aromatic rings. The molecule has 82 valence electrons. The van der Waals surface area contributed by atoms with Crippen molar-refractivity contribution in [1.82, 2.24) is 0 Å². The summed E-state index contributed by atoms with van der Waals surface area (Å²) in [4.78, 5) is 0. The molecular weight excluding hydrogens is 205 g/mol. The highest BCUT2D eigenvalue weighted by atomic mass is 19.4. The number of ether oxygens (including phenoxy) is 1. The Morgan fingerprint density at radius 2 is 2.00 bits per heavy atom. The summed E-state index contributed by atoms with van der Waals surface area (Å²) in [6.07, 6.45) is -3.28. The predicted molar refractivity (Wildman–Crippen MR) is 52.7 cm³/mol. The average molecular weight is 216 g/mol. The van der Waals surface area contributed by atoms with Crippen molar-refractivity contribution in [2.75, 3.05) is 7.11 Å². The minimum Gasteiger partial charge on any atom is -0.497 e. The van der Waals surface area contributed by atoms with E-state index in [1.54, 1.807) is 6.07 Å². The van der Waals surface area contributed by atoms with Crippen molar-refractivity contribution in [1.29, 1.82) is 0 Å². The summed E-state index contributed by atoms with van der Waals surface area (Å²) in [7, 11) is 1.42. The molecule has 1 aromatic carbocycles. The van der Waals surface area contributed by atoms with E-state index in [2.05, 4.69) is 0 Å². The van der Waals surface area contributed by atoms with Gasteiger partial charge in [-0.2, -0.15) is 13.2 Å². The SMILES string of the molecule is C/C=C(\c1cccc(OC)c1)C(F)(F)F. The van der Waals surface area contributed by atoms with Crippen LogP contribution in [0.5, 0.6) is 5.75 Å². The zero-order valence-corrected chi connectivity index (χ0v) is 8.43. The second-order valence-corrected chi connectivity index (χ2v) is 2.93. The largest absolute Gasteiger partial charge is 0.497 e. The van der Waals surface area contributed by atoms with Crippen LogP contribution in [0.3, 0.4) is 0 Å². The van der Waals surface area contributed by atoms with E-state index in [0.717, 1.165) is 6.08 Å². The third-order valence-electron chi connectivity index (χ3n) is 1.97. The molecule has 15 heavy (non-hydrogen) atoms. The molecule has 0 saturated carbocycles. The van der Waals surface area contributed by atoms with Crippen LogP contribution in [0, 0.1) is 0 Å². The van der Waals surface area contributed by atoms with Gasteiger partial charge in [-0.05, 0) is 24.6 Å². The summed E-state index contributed by atoms with van der Waals surface area (Å²) in [5.74, 6) is 0.413. The zero-order chi connectivity index (χ0) is 11.5. The van der Waals surface area contributed by atoms with Gasteiger partial charge in [0, 0.05) is 0 Å². The Bertz CT molecular complexity index is 366. The van der Waals surface area contributed by atoms with Crippen molar-refractivity contribution < 1.29 is 17.9 Å². The molecule has 0 aliphatic rings. The Labute approximate surface area is 86.2 Å². The van der Waals surface area contributed by atoms with E-state index in [1.165, 1.54) is 32.2 Å². The second-order valence-electron chi connectivity index (χ2n) is 2.93. The van der Waals surface area contributed by atoms with Gasteiger partial charge >= 0.3 is 6.18 Å². The van der Waals surface area contributed by atoms with Crippen molar-refractivity contribution in [3.05, 3.63) is 35.9 Å². The molecule has 0 amide bonds. The smallest absolute Gasteiger partial charge is 0.416 e. The maximum Gasteiger partial charge on any atom is 0.416 e. The van der Waals surface area contributed by atoms with Gasteiger partial charge in [0.05, 0.1) is 12.7 Å². The molecule has 0 aliphatic carbocycles. The molecule has 0 atom stereocenters. The first-order valence-electron chi connectivity index (χ1n) is 4.37. The summed E-state index contributed by atoms with van der Waals surface area (Å²) in [6, 6.07) is 5.91. The fraction of sp³-hybridized carbons (Fsp3) is 0.273. The van der Waals surface area contributed by atoms with Gasteiger partial charge in [0.2, 0.25) is 0 Å². The number of rotatable bonds is 2. The predicted octanol–water partition coefficient (Wildman–Crippen LogP) is 3.66. The highest BCUT2D eigenvalue weighted by Crippen LogP contribution is 2.34.